The van der Waals surface area contributed by atoms with Gasteiger partial charge in [-0.1, -0.05) is 6.42 Å². The average molecular weight is 230 g/mol. The Kier molecular flexibility index (Phi) is 3.24. The van der Waals surface area contributed by atoms with Gasteiger partial charge in [0.15, 0.2) is 0 Å². The van der Waals surface area contributed by atoms with Crippen LogP contribution < -0.4 is 5.32 Å². The molecular weight excluding hydrogens is 210 g/mol. The molecule has 0 spiro atoms. The van der Waals surface area contributed by atoms with E-state index in [-0.39, 0.29) is 5.91 Å². The highest BCUT2D eigenvalue weighted by Gasteiger charge is 2.42. The van der Waals surface area contributed by atoms with Crippen LogP contribution in [0.5, 0.6) is 0 Å². The van der Waals surface area contributed by atoms with Crippen LogP contribution in [0.3, 0.4) is 0 Å². The van der Waals surface area contributed by atoms with Gasteiger partial charge in [0.1, 0.15) is 5.38 Å². The maximum atomic E-state index is 11.5. The molecule has 0 radical (unpaired) electrons. The highest BCUT2D eigenvalue weighted by Crippen LogP contribution is 2.49. The molecule has 1 amide bonds. The second kappa shape index (κ2) is 4.32. The summed E-state index contributed by atoms with van der Waals surface area (Å²) in [7, 11) is 0. The van der Waals surface area contributed by atoms with Crippen LogP contribution in [0, 0.1) is 17.8 Å². The molecule has 15 heavy (non-hydrogen) atoms. The zero-order valence-corrected chi connectivity index (χ0v) is 10.3. The first-order valence-corrected chi connectivity index (χ1v) is 6.46. The Labute approximate surface area is 96.8 Å². The third kappa shape index (κ3) is 2.30. The Hall–Kier alpha value is -0.240. The molecule has 2 saturated carbocycles. The van der Waals surface area contributed by atoms with E-state index in [1.54, 1.807) is 6.92 Å². The fourth-order valence-corrected chi connectivity index (χ4v) is 3.42. The average Bonchev–Trinajstić information content (AvgIpc) is 2.78. The predicted molar refractivity (Wildman–Crippen MR) is 61.9 cm³/mol. The number of fused-ring (bicyclic) bond motifs is 2. The van der Waals surface area contributed by atoms with Gasteiger partial charge >= 0.3 is 0 Å². The van der Waals surface area contributed by atoms with Crippen molar-refractivity contribution in [2.75, 3.05) is 0 Å². The Morgan fingerprint density at radius 1 is 1.33 bits per heavy atom. The zero-order chi connectivity index (χ0) is 11.0. The summed E-state index contributed by atoms with van der Waals surface area (Å²) in [5.41, 5.74) is 0. The number of hydrogen-bond acceptors (Lipinski definition) is 1. The summed E-state index contributed by atoms with van der Waals surface area (Å²) in [5, 5.41) is 2.62. The van der Waals surface area contributed by atoms with Gasteiger partial charge in [-0.25, -0.2) is 0 Å². The molecule has 2 aliphatic rings. The molecule has 0 aliphatic heterocycles. The van der Waals surface area contributed by atoms with E-state index in [2.05, 4.69) is 12.2 Å². The molecule has 0 aromatic carbocycles. The van der Waals surface area contributed by atoms with E-state index in [1.165, 1.54) is 25.7 Å². The van der Waals surface area contributed by atoms with Gasteiger partial charge in [0.05, 0.1) is 0 Å². The zero-order valence-electron chi connectivity index (χ0n) is 9.50. The minimum Gasteiger partial charge on any atom is -0.352 e. The second-order valence-corrected chi connectivity index (χ2v) is 5.91. The van der Waals surface area contributed by atoms with Crippen molar-refractivity contribution in [2.45, 2.75) is 50.9 Å². The van der Waals surface area contributed by atoms with Gasteiger partial charge in [-0.2, -0.15) is 0 Å². The summed E-state index contributed by atoms with van der Waals surface area (Å²) in [5.74, 6) is 2.47. The summed E-state index contributed by atoms with van der Waals surface area (Å²) in [6.07, 6.45) is 5.48. The van der Waals surface area contributed by atoms with Crippen molar-refractivity contribution in [3.8, 4) is 0 Å². The van der Waals surface area contributed by atoms with Gasteiger partial charge in [-0.3, -0.25) is 4.79 Å². The number of rotatable bonds is 3. The van der Waals surface area contributed by atoms with E-state index in [9.17, 15) is 4.79 Å². The molecule has 2 nitrogen and oxygen atoms in total. The standard InChI is InChI=1S/C12H20ClNO/c1-7(13)12(15)14-8(2)11-6-9-3-4-10(11)5-9/h7-11H,3-6H2,1-2H3,(H,14,15)/t7-,8+,9-,10-,11-/m1/s1. The van der Waals surface area contributed by atoms with Gasteiger partial charge < -0.3 is 5.32 Å². The minimum absolute atomic E-state index is 0.0214. The Balaban J connectivity index is 1.86. The molecule has 2 fully saturated rings. The highest BCUT2D eigenvalue weighted by molar-refractivity contribution is 6.30. The van der Waals surface area contributed by atoms with Crippen LogP contribution in [0.2, 0.25) is 0 Å². The number of carbonyl (C=O) groups is 1. The second-order valence-electron chi connectivity index (χ2n) is 5.25. The van der Waals surface area contributed by atoms with Crippen molar-refractivity contribution in [3.63, 3.8) is 0 Å². The highest BCUT2D eigenvalue weighted by atomic mass is 35.5. The number of nitrogens with one attached hydrogen (secondary N) is 1. The molecule has 2 bridgehead atoms. The van der Waals surface area contributed by atoms with Gasteiger partial charge in [0.2, 0.25) is 5.91 Å². The fourth-order valence-electron chi connectivity index (χ4n) is 3.35. The van der Waals surface area contributed by atoms with Gasteiger partial charge in [-0.15, -0.1) is 11.6 Å². The van der Waals surface area contributed by atoms with Crippen LogP contribution in [0.15, 0.2) is 0 Å². The van der Waals surface area contributed by atoms with E-state index in [1.807, 2.05) is 0 Å². The number of carbonyl (C=O) groups excluding carboxylic acids is 1. The molecule has 5 atom stereocenters. The fraction of sp³-hybridized carbons (Fsp3) is 0.917. The van der Waals surface area contributed by atoms with Gasteiger partial charge in [0, 0.05) is 6.04 Å². The molecule has 0 heterocycles. The first kappa shape index (κ1) is 11.3. The van der Waals surface area contributed by atoms with Crippen LogP contribution in [-0.4, -0.2) is 17.3 Å². The SMILES string of the molecule is C[C@H](NC(=O)[C@@H](C)Cl)[C@H]1C[C@@H]2CC[C@@H]1C2. The van der Waals surface area contributed by atoms with Crippen molar-refractivity contribution in [2.24, 2.45) is 17.8 Å². The molecule has 0 saturated heterocycles. The molecule has 2 rings (SSSR count). The van der Waals surface area contributed by atoms with Crippen LogP contribution in [-0.2, 0) is 4.79 Å². The van der Waals surface area contributed by atoms with Crippen molar-refractivity contribution in [3.05, 3.63) is 0 Å². The van der Waals surface area contributed by atoms with E-state index in [4.69, 9.17) is 11.6 Å². The topological polar surface area (TPSA) is 29.1 Å². The largest absolute Gasteiger partial charge is 0.352 e. The number of hydrogen-bond donors (Lipinski definition) is 1. The lowest BCUT2D eigenvalue weighted by Crippen LogP contribution is -2.42. The summed E-state index contributed by atoms with van der Waals surface area (Å²) < 4.78 is 0. The summed E-state index contributed by atoms with van der Waals surface area (Å²) in [4.78, 5) is 11.5. The first-order valence-electron chi connectivity index (χ1n) is 6.02. The molecule has 0 aromatic heterocycles. The molecule has 2 aliphatic carbocycles. The van der Waals surface area contributed by atoms with Crippen molar-refractivity contribution in [1.82, 2.24) is 5.32 Å². The summed E-state index contributed by atoms with van der Waals surface area (Å²) in [6.45, 7) is 3.85. The van der Waals surface area contributed by atoms with Crippen LogP contribution in [0.25, 0.3) is 0 Å². The molecular formula is C12H20ClNO. The molecule has 86 valence electrons. The first-order chi connectivity index (χ1) is 7.08. The van der Waals surface area contributed by atoms with Crippen LogP contribution in [0.4, 0.5) is 0 Å². The van der Waals surface area contributed by atoms with Crippen LogP contribution >= 0.6 is 11.6 Å². The minimum atomic E-state index is -0.411. The lowest BCUT2D eigenvalue weighted by molar-refractivity contribution is -0.121. The maximum absolute atomic E-state index is 11.5. The number of halogens is 1. The van der Waals surface area contributed by atoms with E-state index >= 15 is 0 Å². The van der Waals surface area contributed by atoms with Crippen molar-refractivity contribution < 1.29 is 4.79 Å². The van der Waals surface area contributed by atoms with Crippen LogP contribution in [0.1, 0.15) is 39.5 Å². The Bertz CT molecular complexity index is 254. The van der Waals surface area contributed by atoms with Gasteiger partial charge in [0.25, 0.3) is 0 Å². The third-order valence-corrected chi connectivity index (χ3v) is 4.36. The lowest BCUT2D eigenvalue weighted by atomic mass is 9.84. The van der Waals surface area contributed by atoms with Crippen molar-refractivity contribution >= 4 is 17.5 Å². The predicted octanol–water partition coefficient (Wildman–Crippen LogP) is 2.55. The smallest absolute Gasteiger partial charge is 0.237 e. The third-order valence-electron chi connectivity index (χ3n) is 4.17. The normalized spacial score (nSPS) is 37.7. The molecule has 0 unspecified atom stereocenters. The number of amides is 1. The Morgan fingerprint density at radius 3 is 2.53 bits per heavy atom. The summed E-state index contributed by atoms with van der Waals surface area (Å²) >= 11 is 5.75. The molecule has 0 aromatic rings. The number of alkyl halides is 1. The van der Waals surface area contributed by atoms with Crippen molar-refractivity contribution in [1.29, 1.82) is 0 Å². The maximum Gasteiger partial charge on any atom is 0.237 e. The van der Waals surface area contributed by atoms with E-state index < -0.39 is 5.38 Å². The summed E-state index contributed by atoms with van der Waals surface area (Å²) in [6, 6.07) is 0.300. The molecule has 1 N–H and O–H groups in total. The van der Waals surface area contributed by atoms with E-state index in [0.29, 0.717) is 12.0 Å². The quantitative estimate of drug-likeness (QED) is 0.741. The van der Waals surface area contributed by atoms with E-state index in [0.717, 1.165) is 11.8 Å². The monoisotopic (exact) mass is 229 g/mol. The van der Waals surface area contributed by atoms with Gasteiger partial charge in [-0.05, 0) is 50.9 Å². The lowest BCUT2D eigenvalue weighted by Gasteiger charge is -2.28. The molecule has 3 heteroatoms. The Morgan fingerprint density at radius 2 is 2.07 bits per heavy atom.